The van der Waals surface area contributed by atoms with Crippen molar-refractivity contribution in [3.05, 3.63) is 72.9 Å². The molecule has 294 valence electrons. The molecule has 8 nitrogen and oxygen atoms in total. The summed E-state index contributed by atoms with van der Waals surface area (Å²) in [7, 11) is -4.29. The van der Waals surface area contributed by atoms with E-state index >= 15 is 0 Å². The van der Waals surface area contributed by atoms with E-state index in [1.165, 1.54) is 44.9 Å². The third-order valence-electron chi connectivity index (χ3n) is 7.86. The van der Waals surface area contributed by atoms with Gasteiger partial charge in [0.05, 0.1) is 19.8 Å². The number of esters is 1. The zero-order valence-corrected chi connectivity index (χ0v) is 33.2. The molecular formula is C42H74NO7P. The van der Waals surface area contributed by atoms with Crippen molar-refractivity contribution >= 4 is 13.8 Å². The maximum atomic E-state index is 12.5. The highest BCUT2D eigenvalue weighted by Crippen LogP contribution is 2.43. The topological polar surface area (TPSA) is 117 Å². The van der Waals surface area contributed by atoms with Gasteiger partial charge in [-0.2, -0.15) is 0 Å². The highest BCUT2D eigenvalue weighted by Gasteiger charge is 2.25. The number of hydrogen-bond donors (Lipinski definition) is 2. The van der Waals surface area contributed by atoms with Gasteiger partial charge in [0.1, 0.15) is 6.10 Å². The molecule has 0 aromatic rings. The highest BCUT2D eigenvalue weighted by molar-refractivity contribution is 7.47. The number of phosphoric acid groups is 1. The van der Waals surface area contributed by atoms with Crippen LogP contribution in [0.25, 0.3) is 0 Å². The lowest BCUT2D eigenvalue weighted by atomic mass is 10.1. The van der Waals surface area contributed by atoms with Gasteiger partial charge >= 0.3 is 13.8 Å². The Balaban J connectivity index is 4.19. The van der Waals surface area contributed by atoms with Crippen molar-refractivity contribution in [1.82, 2.24) is 0 Å². The lowest BCUT2D eigenvalue weighted by Gasteiger charge is -2.20. The molecule has 51 heavy (non-hydrogen) atoms. The molecule has 0 saturated carbocycles. The van der Waals surface area contributed by atoms with Crippen LogP contribution in [-0.2, 0) is 27.9 Å². The summed E-state index contributed by atoms with van der Waals surface area (Å²) in [6, 6.07) is 0. The Labute approximate surface area is 312 Å². The Bertz CT molecular complexity index is 1010. The molecule has 0 radical (unpaired) electrons. The van der Waals surface area contributed by atoms with Crippen LogP contribution in [-0.4, -0.2) is 49.9 Å². The molecule has 0 heterocycles. The first-order valence-corrected chi connectivity index (χ1v) is 21.4. The average molecular weight is 736 g/mol. The van der Waals surface area contributed by atoms with E-state index in [1.807, 2.05) is 0 Å². The van der Waals surface area contributed by atoms with E-state index in [9.17, 15) is 14.3 Å². The van der Waals surface area contributed by atoms with Crippen LogP contribution in [0.15, 0.2) is 72.9 Å². The molecular weight excluding hydrogens is 661 g/mol. The number of allylic oxidation sites excluding steroid dienone is 12. The van der Waals surface area contributed by atoms with E-state index < -0.39 is 13.9 Å². The third kappa shape index (κ3) is 39.0. The first-order chi connectivity index (χ1) is 24.9. The summed E-state index contributed by atoms with van der Waals surface area (Å²) in [5.41, 5.74) is 5.35. The van der Waals surface area contributed by atoms with Crippen LogP contribution in [0.5, 0.6) is 0 Å². The van der Waals surface area contributed by atoms with Crippen LogP contribution in [0.2, 0.25) is 0 Å². The second-order valence-electron chi connectivity index (χ2n) is 12.8. The number of carbonyl (C=O) groups excluding carboxylic acids is 1. The van der Waals surface area contributed by atoms with Crippen LogP contribution < -0.4 is 5.73 Å². The predicted octanol–water partition coefficient (Wildman–Crippen LogP) is 11.6. The molecule has 0 spiro atoms. The molecule has 0 amide bonds. The van der Waals surface area contributed by atoms with E-state index in [4.69, 9.17) is 24.3 Å². The van der Waals surface area contributed by atoms with Crippen molar-refractivity contribution in [2.24, 2.45) is 5.73 Å². The van der Waals surface area contributed by atoms with Gasteiger partial charge in [0.25, 0.3) is 0 Å². The molecule has 3 N–H and O–H groups in total. The number of nitrogens with two attached hydrogens (primary N) is 1. The SMILES string of the molecule is CC/C=C\C/C=C\C/C=C\C/C=C\C/C=C\CCCCOCC(COP(=O)(O)OCCN)OC(=O)CCCCCCC/C=C\CCCCCCC. The molecule has 0 bridgehead atoms. The fraction of sp³-hybridized carbons (Fsp3) is 0.690. The van der Waals surface area contributed by atoms with Crippen molar-refractivity contribution in [3.8, 4) is 0 Å². The van der Waals surface area contributed by atoms with Gasteiger partial charge in [-0.25, -0.2) is 4.57 Å². The zero-order chi connectivity index (χ0) is 37.4. The number of hydrogen-bond acceptors (Lipinski definition) is 7. The summed E-state index contributed by atoms with van der Waals surface area (Å²) >= 11 is 0. The first-order valence-electron chi connectivity index (χ1n) is 19.9. The minimum atomic E-state index is -4.29. The van der Waals surface area contributed by atoms with Crippen LogP contribution in [0, 0.1) is 0 Å². The quantitative estimate of drug-likeness (QED) is 0.0280. The number of ether oxygens (including phenoxy) is 2. The zero-order valence-electron chi connectivity index (χ0n) is 32.3. The lowest BCUT2D eigenvalue weighted by Crippen LogP contribution is -2.28. The molecule has 0 aromatic carbocycles. The summed E-state index contributed by atoms with van der Waals surface area (Å²) in [6.45, 7) is 4.65. The second kappa shape index (κ2) is 39.2. The Kier molecular flexibility index (Phi) is 37.6. The lowest BCUT2D eigenvalue weighted by molar-refractivity contribution is -0.154. The van der Waals surface area contributed by atoms with E-state index in [0.29, 0.717) is 13.0 Å². The van der Waals surface area contributed by atoms with E-state index in [1.54, 1.807) is 0 Å². The van der Waals surface area contributed by atoms with E-state index in [0.717, 1.165) is 83.5 Å². The van der Waals surface area contributed by atoms with Crippen LogP contribution in [0.1, 0.15) is 149 Å². The summed E-state index contributed by atoms with van der Waals surface area (Å²) in [4.78, 5) is 22.4. The summed E-state index contributed by atoms with van der Waals surface area (Å²) in [5, 5.41) is 0. The second-order valence-corrected chi connectivity index (χ2v) is 14.2. The van der Waals surface area contributed by atoms with E-state index in [-0.39, 0.29) is 32.3 Å². The Hall–Kier alpha value is -2.06. The normalized spacial score (nSPS) is 14.4. The van der Waals surface area contributed by atoms with Gasteiger partial charge in [-0.05, 0) is 83.5 Å². The molecule has 0 saturated heterocycles. The molecule has 0 aromatic heterocycles. The molecule has 0 aliphatic heterocycles. The molecule has 0 aliphatic carbocycles. The maximum Gasteiger partial charge on any atom is 0.472 e. The minimum Gasteiger partial charge on any atom is -0.457 e. The van der Waals surface area contributed by atoms with Gasteiger partial charge in [0.2, 0.25) is 0 Å². The van der Waals surface area contributed by atoms with Gasteiger partial charge in [0.15, 0.2) is 0 Å². The van der Waals surface area contributed by atoms with Gasteiger partial charge in [-0.1, -0.05) is 132 Å². The molecule has 0 fully saturated rings. The monoisotopic (exact) mass is 736 g/mol. The third-order valence-corrected chi connectivity index (χ3v) is 8.84. The highest BCUT2D eigenvalue weighted by atomic mass is 31.2. The smallest absolute Gasteiger partial charge is 0.457 e. The largest absolute Gasteiger partial charge is 0.472 e. The molecule has 9 heteroatoms. The molecule has 0 rings (SSSR count). The molecule has 2 atom stereocenters. The van der Waals surface area contributed by atoms with Crippen LogP contribution in [0.4, 0.5) is 0 Å². The number of carbonyl (C=O) groups is 1. The van der Waals surface area contributed by atoms with Gasteiger partial charge < -0.3 is 20.1 Å². The maximum absolute atomic E-state index is 12.5. The minimum absolute atomic E-state index is 0.0799. The van der Waals surface area contributed by atoms with Crippen molar-refractivity contribution in [3.63, 3.8) is 0 Å². The van der Waals surface area contributed by atoms with Crippen molar-refractivity contribution < 1.29 is 32.8 Å². The summed E-state index contributed by atoms with van der Waals surface area (Å²) in [6.07, 6.45) is 47.8. The Morgan fingerprint density at radius 3 is 1.67 bits per heavy atom. The number of unbranched alkanes of at least 4 members (excludes halogenated alkanes) is 12. The fourth-order valence-electron chi connectivity index (χ4n) is 4.96. The van der Waals surface area contributed by atoms with Crippen LogP contribution >= 0.6 is 7.82 Å². The van der Waals surface area contributed by atoms with Gasteiger partial charge in [-0.3, -0.25) is 13.8 Å². The van der Waals surface area contributed by atoms with Crippen molar-refractivity contribution in [2.45, 2.75) is 155 Å². The molecule has 2 unspecified atom stereocenters. The van der Waals surface area contributed by atoms with Gasteiger partial charge in [-0.15, -0.1) is 0 Å². The summed E-state index contributed by atoms with van der Waals surface area (Å²) < 4.78 is 33.3. The predicted molar refractivity (Wildman–Crippen MR) is 215 cm³/mol. The van der Waals surface area contributed by atoms with Crippen molar-refractivity contribution in [1.29, 1.82) is 0 Å². The van der Waals surface area contributed by atoms with Crippen LogP contribution in [0.3, 0.4) is 0 Å². The first kappa shape index (κ1) is 48.9. The average Bonchev–Trinajstić information content (AvgIpc) is 3.12. The van der Waals surface area contributed by atoms with Gasteiger partial charge in [0, 0.05) is 19.6 Å². The fourth-order valence-corrected chi connectivity index (χ4v) is 5.72. The Morgan fingerprint density at radius 2 is 1.10 bits per heavy atom. The Morgan fingerprint density at radius 1 is 0.608 bits per heavy atom. The number of phosphoric ester groups is 1. The molecule has 0 aliphatic rings. The van der Waals surface area contributed by atoms with Crippen molar-refractivity contribution in [2.75, 3.05) is 33.0 Å². The summed E-state index contributed by atoms with van der Waals surface area (Å²) in [5.74, 6) is -0.358. The standard InChI is InChI=1S/C42H74NO7P/c1-3-5-7-9-11-13-15-17-19-20-21-22-24-26-28-30-32-34-37-47-39-41(40-49-51(45,46)48-38-36-43)50-42(44)35-33-31-29-27-25-23-18-16-14-12-10-8-6-4-2/h5,7,11,13,16-19,21-22,26,28,41H,3-4,6,8-10,12,14-15,20,23-25,27,29-40,43H2,1-2H3,(H,45,46)/b7-5-,13-11-,18-16-,19-17-,22-21-,28-26-. The number of rotatable bonds is 37. The van der Waals surface area contributed by atoms with E-state index in [2.05, 4.69) is 86.8 Å².